The molecule has 0 unspecified atom stereocenters. The third-order valence-corrected chi connectivity index (χ3v) is 2.27. The van der Waals surface area contributed by atoms with Crippen molar-refractivity contribution in [2.45, 2.75) is 12.0 Å². The molecule has 1 saturated heterocycles. The van der Waals surface area contributed by atoms with E-state index in [9.17, 15) is 0 Å². The average Bonchev–Trinajstić information content (AvgIpc) is 2.74. The molecule has 82 valence electrons. The Hall–Kier alpha value is -0.360. The monoisotopic (exact) mass is 240 g/mol. The molecule has 0 radical (unpaired) electrons. The van der Waals surface area contributed by atoms with Gasteiger partial charge in [0, 0.05) is 26.1 Å². The summed E-state index contributed by atoms with van der Waals surface area (Å²) in [5, 5.41) is 13.7. The first-order valence-electron chi connectivity index (χ1n) is 4.01. The summed E-state index contributed by atoms with van der Waals surface area (Å²) in [6.45, 7) is 1.82. The summed E-state index contributed by atoms with van der Waals surface area (Å²) in [4.78, 5) is 0. The Morgan fingerprint density at radius 3 is 2.79 bits per heavy atom. The van der Waals surface area contributed by atoms with Crippen molar-refractivity contribution in [1.29, 1.82) is 0 Å². The normalized spacial score (nSPS) is 25.2. The Morgan fingerprint density at radius 2 is 2.21 bits per heavy atom. The molecule has 0 saturated carbocycles. The van der Waals surface area contributed by atoms with Crippen molar-refractivity contribution < 1.29 is 4.74 Å². The Morgan fingerprint density at radius 1 is 1.43 bits per heavy atom. The van der Waals surface area contributed by atoms with E-state index < -0.39 is 0 Å². The summed E-state index contributed by atoms with van der Waals surface area (Å²) in [5.74, 6) is 0.341. The topological polar surface area (TPSA) is 62.8 Å². The van der Waals surface area contributed by atoms with Gasteiger partial charge in [0.2, 0.25) is 0 Å². The molecule has 0 amide bonds. The molecule has 2 atom stereocenters. The summed E-state index contributed by atoms with van der Waals surface area (Å²) >= 11 is 0. The molecule has 14 heavy (non-hydrogen) atoms. The number of aromatic nitrogens is 3. The molecular formula is C7H14Cl2N4O. The third-order valence-electron chi connectivity index (χ3n) is 2.27. The van der Waals surface area contributed by atoms with Crippen molar-refractivity contribution in [2.24, 2.45) is 0 Å². The minimum absolute atomic E-state index is 0. The van der Waals surface area contributed by atoms with E-state index in [1.54, 1.807) is 13.3 Å². The van der Waals surface area contributed by atoms with E-state index in [0.29, 0.717) is 5.92 Å². The summed E-state index contributed by atoms with van der Waals surface area (Å²) in [6, 6.07) is 0. The number of nitrogens with zero attached hydrogens (tertiary/aromatic N) is 2. The molecule has 2 rings (SSSR count). The fourth-order valence-corrected chi connectivity index (χ4v) is 1.59. The van der Waals surface area contributed by atoms with Crippen LogP contribution in [0.4, 0.5) is 0 Å². The van der Waals surface area contributed by atoms with Crippen molar-refractivity contribution in [3.63, 3.8) is 0 Å². The Bertz CT molecular complexity index is 244. The van der Waals surface area contributed by atoms with Gasteiger partial charge in [-0.05, 0) is 0 Å². The second kappa shape index (κ2) is 6.19. The fraction of sp³-hybridized carbons (Fsp3) is 0.714. The summed E-state index contributed by atoms with van der Waals surface area (Å²) in [5.41, 5.74) is 0.979. The van der Waals surface area contributed by atoms with E-state index in [1.165, 1.54) is 0 Å². The minimum Gasteiger partial charge on any atom is -0.379 e. The lowest BCUT2D eigenvalue weighted by atomic mass is 10.0. The van der Waals surface area contributed by atoms with E-state index in [0.717, 1.165) is 18.8 Å². The highest BCUT2D eigenvalue weighted by Gasteiger charge is 2.29. The lowest BCUT2D eigenvalue weighted by Crippen LogP contribution is -2.19. The molecule has 1 aromatic rings. The molecule has 0 spiro atoms. The van der Waals surface area contributed by atoms with E-state index in [1.807, 2.05) is 0 Å². The van der Waals surface area contributed by atoms with Gasteiger partial charge in [-0.15, -0.1) is 24.8 Å². The number of rotatable bonds is 2. The first kappa shape index (κ1) is 13.6. The maximum Gasteiger partial charge on any atom is 0.0894 e. The fourth-order valence-electron chi connectivity index (χ4n) is 1.59. The van der Waals surface area contributed by atoms with Gasteiger partial charge < -0.3 is 10.1 Å². The van der Waals surface area contributed by atoms with E-state index >= 15 is 0 Å². The second-order valence-electron chi connectivity index (χ2n) is 2.93. The molecular weight excluding hydrogens is 227 g/mol. The molecule has 1 aromatic heterocycles. The van der Waals surface area contributed by atoms with Crippen LogP contribution in [-0.2, 0) is 4.74 Å². The quantitative estimate of drug-likeness (QED) is 0.784. The first-order chi connectivity index (χ1) is 5.92. The SMILES string of the molecule is CO[C@H]1CNC[C@@H]1c1cn[nH]n1.Cl.Cl. The lowest BCUT2D eigenvalue weighted by molar-refractivity contribution is 0.104. The highest BCUT2D eigenvalue weighted by Crippen LogP contribution is 2.21. The van der Waals surface area contributed by atoms with Crippen LogP contribution in [0.15, 0.2) is 6.20 Å². The van der Waals surface area contributed by atoms with E-state index in [2.05, 4.69) is 20.7 Å². The molecule has 0 aliphatic carbocycles. The largest absolute Gasteiger partial charge is 0.379 e. The summed E-state index contributed by atoms with van der Waals surface area (Å²) < 4.78 is 5.30. The smallest absolute Gasteiger partial charge is 0.0894 e. The standard InChI is InChI=1S/C7H12N4O.2ClH/c1-12-7-4-8-2-5(7)6-3-9-11-10-6;;/h3,5,7-8H,2,4H2,1H3,(H,9,10,11);2*1H/t5-,7+;;/m1../s1. The van der Waals surface area contributed by atoms with Gasteiger partial charge in [-0.3, -0.25) is 0 Å². The van der Waals surface area contributed by atoms with Gasteiger partial charge in [0.1, 0.15) is 0 Å². The molecule has 1 aliphatic heterocycles. The second-order valence-corrected chi connectivity index (χ2v) is 2.93. The van der Waals surface area contributed by atoms with Crippen LogP contribution in [0.3, 0.4) is 0 Å². The molecule has 7 heteroatoms. The summed E-state index contributed by atoms with van der Waals surface area (Å²) in [6.07, 6.45) is 1.99. The minimum atomic E-state index is 0. The van der Waals surface area contributed by atoms with Gasteiger partial charge in [0.05, 0.1) is 18.0 Å². The molecule has 1 aliphatic rings. The number of aromatic amines is 1. The first-order valence-corrected chi connectivity index (χ1v) is 4.01. The zero-order chi connectivity index (χ0) is 8.39. The number of halogens is 2. The van der Waals surface area contributed by atoms with Crippen LogP contribution in [0.2, 0.25) is 0 Å². The predicted octanol–water partition coefficient (Wildman–Crippen LogP) is 0.350. The zero-order valence-corrected chi connectivity index (χ0v) is 9.40. The van der Waals surface area contributed by atoms with Crippen LogP contribution >= 0.6 is 24.8 Å². The third kappa shape index (κ3) is 2.57. The predicted molar refractivity (Wildman–Crippen MR) is 57.3 cm³/mol. The molecule has 0 aromatic carbocycles. The number of hydrogen-bond donors (Lipinski definition) is 2. The van der Waals surface area contributed by atoms with E-state index in [4.69, 9.17) is 4.74 Å². The van der Waals surface area contributed by atoms with Crippen LogP contribution in [0.5, 0.6) is 0 Å². The Balaban J connectivity index is 0.000000845. The molecule has 0 bridgehead atoms. The van der Waals surface area contributed by atoms with Crippen LogP contribution < -0.4 is 5.32 Å². The summed E-state index contributed by atoms with van der Waals surface area (Å²) in [7, 11) is 1.73. The number of nitrogens with one attached hydrogen (secondary N) is 2. The van der Waals surface area contributed by atoms with Gasteiger partial charge in [-0.25, -0.2) is 0 Å². The van der Waals surface area contributed by atoms with Gasteiger partial charge in [0.25, 0.3) is 0 Å². The molecule has 2 heterocycles. The van der Waals surface area contributed by atoms with Crippen molar-refractivity contribution in [3.8, 4) is 0 Å². The lowest BCUT2D eigenvalue weighted by Gasteiger charge is -2.13. The van der Waals surface area contributed by atoms with E-state index in [-0.39, 0.29) is 30.9 Å². The van der Waals surface area contributed by atoms with Crippen LogP contribution in [0, 0.1) is 0 Å². The molecule has 1 fully saturated rings. The number of methoxy groups -OCH3 is 1. The number of H-pyrrole nitrogens is 1. The van der Waals surface area contributed by atoms with Gasteiger partial charge >= 0.3 is 0 Å². The number of hydrogen-bond acceptors (Lipinski definition) is 4. The maximum absolute atomic E-state index is 5.30. The highest BCUT2D eigenvalue weighted by atomic mass is 35.5. The van der Waals surface area contributed by atoms with Crippen molar-refractivity contribution in [2.75, 3.05) is 20.2 Å². The van der Waals surface area contributed by atoms with Crippen molar-refractivity contribution in [1.82, 2.24) is 20.7 Å². The Kier molecular flexibility index (Phi) is 6.03. The molecule has 2 N–H and O–H groups in total. The van der Waals surface area contributed by atoms with Crippen molar-refractivity contribution in [3.05, 3.63) is 11.9 Å². The Labute approximate surface area is 94.8 Å². The van der Waals surface area contributed by atoms with Crippen LogP contribution in [0.1, 0.15) is 11.6 Å². The van der Waals surface area contributed by atoms with Crippen molar-refractivity contribution >= 4 is 24.8 Å². The average molecular weight is 241 g/mol. The molecule has 5 nitrogen and oxygen atoms in total. The van der Waals surface area contributed by atoms with Crippen LogP contribution in [0.25, 0.3) is 0 Å². The zero-order valence-electron chi connectivity index (χ0n) is 7.77. The highest BCUT2D eigenvalue weighted by molar-refractivity contribution is 5.85. The van der Waals surface area contributed by atoms with Gasteiger partial charge in [0.15, 0.2) is 0 Å². The van der Waals surface area contributed by atoms with Gasteiger partial charge in [-0.2, -0.15) is 15.4 Å². The van der Waals surface area contributed by atoms with Crippen LogP contribution in [-0.4, -0.2) is 41.7 Å². The maximum atomic E-state index is 5.30. The van der Waals surface area contributed by atoms with Gasteiger partial charge in [-0.1, -0.05) is 0 Å². The number of ether oxygens (including phenoxy) is 1.